The first-order valence-electron chi connectivity index (χ1n) is 10.5. The number of rotatable bonds is 3. The van der Waals surface area contributed by atoms with Crippen LogP contribution in [-0.4, -0.2) is 19.6 Å². The van der Waals surface area contributed by atoms with Gasteiger partial charge >= 0.3 is 0 Å². The third-order valence-electron chi connectivity index (χ3n) is 5.40. The smallest absolute Gasteiger partial charge is 0.258 e. The maximum absolute atomic E-state index is 13.2. The summed E-state index contributed by atoms with van der Waals surface area (Å²) in [5, 5.41) is 0. The van der Waals surface area contributed by atoms with Crippen molar-refractivity contribution in [1.82, 2.24) is 0 Å². The number of aryl methyl sites for hydroxylation is 1. The highest BCUT2D eigenvalue weighted by Crippen LogP contribution is 2.30. The van der Waals surface area contributed by atoms with Gasteiger partial charge < -0.3 is 9.64 Å². The Labute approximate surface area is 184 Å². The van der Waals surface area contributed by atoms with Gasteiger partial charge in [-0.15, -0.1) is 0 Å². The third kappa shape index (κ3) is 4.70. The maximum atomic E-state index is 13.2. The Balaban J connectivity index is 1.51. The number of methoxy groups -OCH3 is 1. The molecule has 1 aliphatic heterocycles. The highest BCUT2D eigenvalue weighted by molar-refractivity contribution is 6.06. The molecule has 3 aromatic carbocycles. The average Bonchev–Trinajstić information content (AvgIpc) is 2.82. The number of allylic oxidation sites excluding steroid dienone is 1. The second-order valence-electron chi connectivity index (χ2n) is 7.50. The first kappa shape index (κ1) is 20.5. The van der Waals surface area contributed by atoms with E-state index in [4.69, 9.17) is 4.74 Å². The molecular formula is C28H25NO2. The zero-order chi connectivity index (χ0) is 21.6. The van der Waals surface area contributed by atoms with Gasteiger partial charge in [0.15, 0.2) is 0 Å². The molecule has 31 heavy (non-hydrogen) atoms. The minimum Gasteiger partial charge on any atom is -0.497 e. The van der Waals surface area contributed by atoms with E-state index in [0.717, 1.165) is 42.0 Å². The van der Waals surface area contributed by atoms with Gasteiger partial charge in [0.1, 0.15) is 5.75 Å². The molecule has 0 bridgehead atoms. The lowest BCUT2D eigenvalue weighted by atomic mass is 9.98. The number of nitrogens with zero attached hydrogens (tertiary/aromatic N) is 1. The number of fused-ring (bicyclic) bond motifs is 1. The fourth-order valence-corrected chi connectivity index (χ4v) is 3.79. The summed E-state index contributed by atoms with van der Waals surface area (Å²) in [6.45, 7) is 2.76. The summed E-state index contributed by atoms with van der Waals surface area (Å²) in [6, 6.07) is 21.5. The number of carbonyl (C=O) groups excluding carboxylic acids is 1. The van der Waals surface area contributed by atoms with Crippen LogP contribution in [0.3, 0.4) is 0 Å². The predicted octanol–water partition coefficient (Wildman–Crippen LogP) is 5.72. The van der Waals surface area contributed by atoms with Crippen molar-refractivity contribution >= 4 is 17.7 Å². The molecule has 1 heterocycles. The van der Waals surface area contributed by atoms with Crippen LogP contribution in [0.2, 0.25) is 0 Å². The van der Waals surface area contributed by atoms with Gasteiger partial charge in [-0.1, -0.05) is 30.1 Å². The molecule has 0 saturated heterocycles. The van der Waals surface area contributed by atoms with E-state index in [1.807, 2.05) is 66.4 Å². The molecule has 0 unspecified atom stereocenters. The summed E-state index contributed by atoms with van der Waals surface area (Å²) < 4.78 is 5.17. The molecule has 1 aliphatic rings. The summed E-state index contributed by atoms with van der Waals surface area (Å²) in [5.41, 5.74) is 5.91. The standard InChI is InChI=1S/C28H25NO2/c1-3-5-23-13-18-27-25(20-23)6-4-19-29(27)28(30)24-14-9-21(10-15-24)7-8-22-11-16-26(31-2)17-12-22/h3,5,9-18,20H,4,6,19H2,1-2H3. The molecule has 0 N–H and O–H groups in total. The zero-order valence-corrected chi connectivity index (χ0v) is 17.9. The Hall–Kier alpha value is -3.77. The lowest BCUT2D eigenvalue weighted by Crippen LogP contribution is -2.35. The maximum Gasteiger partial charge on any atom is 0.258 e. The van der Waals surface area contributed by atoms with Crippen LogP contribution in [0.4, 0.5) is 5.69 Å². The van der Waals surface area contributed by atoms with Crippen LogP contribution in [0.25, 0.3) is 6.08 Å². The molecule has 154 valence electrons. The van der Waals surface area contributed by atoms with E-state index < -0.39 is 0 Å². The number of hydrogen-bond acceptors (Lipinski definition) is 2. The van der Waals surface area contributed by atoms with E-state index in [1.165, 1.54) is 11.1 Å². The third-order valence-corrected chi connectivity index (χ3v) is 5.40. The Kier molecular flexibility index (Phi) is 6.19. The Morgan fingerprint density at radius 1 is 0.968 bits per heavy atom. The molecule has 0 saturated carbocycles. The van der Waals surface area contributed by atoms with Crippen LogP contribution in [-0.2, 0) is 6.42 Å². The molecule has 3 heteroatoms. The molecule has 1 amide bonds. The molecule has 3 nitrogen and oxygen atoms in total. The summed E-state index contributed by atoms with van der Waals surface area (Å²) in [6.07, 6.45) is 6.10. The van der Waals surface area contributed by atoms with Crippen LogP contribution in [0, 0.1) is 11.8 Å². The Morgan fingerprint density at radius 3 is 2.29 bits per heavy atom. The monoisotopic (exact) mass is 407 g/mol. The number of benzene rings is 3. The molecule has 3 aromatic rings. The van der Waals surface area contributed by atoms with Crippen molar-refractivity contribution in [2.45, 2.75) is 19.8 Å². The lowest BCUT2D eigenvalue weighted by Gasteiger charge is -2.30. The molecule has 0 spiro atoms. The quantitative estimate of drug-likeness (QED) is 0.520. The lowest BCUT2D eigenvalue weighted by molar-refractivity contribution is 0.0985. The fourth-order valence-electron chi connectivity index (χ4n) is 3.79. The van der Waals surface area contributed by atoms with Crippen molar-refractivity contribution in [2.24, 2.45) is 0 Å². The SMILES string of the molecule is CC=Cc1ccc2c(c1)CCCN2C(=O)c1ccc(C#Cc2ccc(OC)cc2)cc1. The van der Waals surface area contributed by atoms with Gasteiger partial charge in [-0.05, 0) is 91.6 Å². The molecule has 0 aromatic heterocycles. The van der Waals surface area contributed by atoms with Gasteiger partial charge in [-0.2, -0.15) is 0 Å². The average molecular weight is 408 g/mol. The van der Waals surface area contributed by atoms with Gasteiger partial charge in [0, 0.05) is 28.9 Å². The van der Waals surface area contributed by atoms with Crippen molar-refractivity contribution in [2.75, 3.05) is 18.6 Å². The first-order valence-corrected chi connectivity index (χ1v) is 10.5. The van der Waals surface area contributed by atoms with Crippen LogP contribution >= 0.6 is 0 Å². The number of anilines is 1. The Bertz CT molecular complexity index is 1160. The minimum atomic E-state index is 0.0365. The van der Waals surface area contributed by atoms with Gasteiger partial charge in [0.25, 0.3) is 5.91 Å². The summed E-state index contributed by atoms with van der Waals surface area (Å²) in [7, 11) is 1.65. The topological polar surface area (TPSA) is 29.5 Å². The first-order chi connectivity index (χ1) is 15.2. The summed E-state index contributed by atoms with van der Waals surface area (Å²) in [5.74, 6) is 7.15. The van der Waals surface area contributed by atoms with E-state index in [1.54, 1.807) is 7.11 Å². The second kappa shape index (κ2) is 9.36. The van der Waals surface area contributed by atoms with Crippen molar-refractivity contribution in [1.29, 1.82) is 0 Å². The summed E-state index contributed by atoms with van der Waals surface area (Å²) in [4.78, 5) is 15.1. The Morgan fingerprint density at radius 2 is 1.65 bits per heavy atom. The molecule has 0 aliphatic carbocycles. The number of carbonyl (C=O) groups is 1. The van der Waals surface area contributed by atoms with E-state index >= 15 is 0 Å². The largest absolute Gasteiger partial charge is 0.497 e. The van der Waals surface area contributed by atoms with E-state index in [0.29, 0.717) is 5.56 Å². The highest BCUT2D eigenvalue weighted by atomic mass is 16.5. The molecule has 4 rings (SSSR count). The van der Waals surface area contributed by atoms with Gasteiger partial charge in [0.05, 0.1) is 7.11 Å². The van der Waals surface area contributed by atoms with Crippen molar-refractivity contribution < 1.29 is 9.53 Å². The molecule has 0 atom stereocenters. The molecule has 0 fully saturated rings. The van der Waals surface area contributed by atoms with Crippen LogP contribution in [0.1, 0.15) is 46.0 Å². The van der Waals surface area contributed by atoms with E-state index in [2.05, 4.69) is 36.1 Å². The number of hydrogen-bond donors (Lipinski definition) is 0. The minimum absolute atomic E-state index is 0.0365. The summed E-state index contributed by atoms with van der Waals surface area (Å²) >= 11 is 0. The number of amides is 1. The normalized spacial score (nSPS) is 12.8. The molecule has 0 radical (unpaired) electrons. The van der Waals surface area contributed by atoms with Gasteiger partial charge in [0.2, 0.25) is 0 Å². The number of ether oxygens (including phenoxy) is 1. The van der Waals surface area contributed by atoms with Crippen LogP contribution in [0.5, 0.6) is 5.75 Å². The van der Waals surface area contributed by atoms with Crippen molar-refractivity contribution in [3.63, 3.8) is 0 Å². The van der Waals surface area contributed by atoms with Crippen molar-refractivity contribution in [3.8, 4) is 17.6 Å². The van der Waals surface area contributed by atoms with Crippen LogP contribution < -0.4 is 9.64 Å². The van der Waals surface area contributed by atoms with E-state index in [-0.39, 0.29) is 5.91 Å². The predicted molar refractivity (Wildman–Crippen MR) is 127 cm³/mol. The second-order valence-corrected chi connectivity index (χ2v) is 7.50. The molecular weight excluding hydrogens is 382 g/mol. The van der Waals surface area contributed by atoms with Crippen LogP contribution in [0.15, 0.2) is 72.8 Å². The van der Waals surface area contributed by atoms with Crippen molar-refractivity contribution in [3.05, 3.63) is 101 Å². The van der Waals surface area contributed by atoms with Gasteiger partial charge in [-0.3, -0.25) is 4.79 Å². The highest BCUT2D eigenvalue weighted by Gasteiger charge is 2.23. The van der Waals surface area contributed by atoms with Gasteiger partial charge in [-0.25, -0.2) is 0 Å². The van der Waals surface area contributed by atoms with E-state index in [9.17, 15) is 4.79 Å². The fraction of sp³-hybridized carbons (Fsp3) is 0.179. The zero-order valence-electron chi connectivity index (χ0n) is 17.9.